The molecule has 16 heavy (non-hydrogen) atoms. The molecule has 1 N–H and O–H groups in total. The second kappa shape index (κ2) is 4.68. The maximum absolute atomic E-state index is 5.60. The van der Waals surface area contributed by atoms with Gasteiger partial charge in [0.25, 0.3) is 0 Å². The van der Waals surface area contributed by atoms with Crippen molar-refractivity contribution in [1.29, 1.82) is 0 Å². The molecule has 0 saturated heterocycles. The lowest BCUT2D eigenvalue weighted by molar-refractivity contribution is 0.230. The fourth-order valence-corrected chi connectivity index (χ4v) is 1.19. The van der Waals surface area contributed by atoms with E-state index < -0.39 is 0 Å². The molecule has 0 fully saturated rings. The largest absolute Gasteiger partial charge is 0.475 e. The van der Waals surface area contributed by atoms with Gasteiger partial charge in [0.05, 0.1) is 6.10 Å². The maximum Gasteiger partial charge on any atom is 0.218 e. The molecule has 0 atom stereocenters. The fourth-order valence-electron chi connectivity index (χ4n) is 1.19. The highest BCUT2D eigenvalue weighted by Crippen LogP contribution is 2.23. The van der Waals surface area contributed by atoms with Gasteiger partial charge >= 0.3 is 0 Å². The molecule has 1 rings (SSSR count). The Morgan fingerprint density at radius 2 is 1.88 bits per heavy atom. The van der Waals surface area contributed by atoms with Gasteiger partial charge in [-0.3, -0.25) is 0 Å². The monoisotopic (exact) mass is 223 g/mol. The molecule has 0 bridgehead atoms. The van der Waals surface area contributed by atoms with Crippen LogP contribution >= 0.6 is 0 Å². The van der Waals surface area contributed by atoms with E-state index in [0.717, 1.165) is 11.6 Å². The highest BCUT2D eigenvalue weighted by molar-refractivity contribution is 5.38. The van der Waals surface area contributed by atoms with Gasteiger partial charge in [-0.1, -0.05) is 20.8 Å². The van der Waals surface area contributed by atoms with Gasteiger partial charge in [0.15, 0.2) is 0 Å². The van der Waals surface area contributed by atoms with E-state index in [1.807, 2.05) is 27.0 Å². The Morgan fingerprint density at radius 1 is 1.25 bits per heavy atom. The molecule has 0 aliphatic carbocycles. The molecule has 0 amide bonds. The van der Waals surface area contributed by atoms with Crippen molar-refractivity contribution in [3.63, 3.8) is 0 Å². The number of aromatic nitrogens is 2. The Balaban J connectivity index is 3.11. The van der Waals surface area contributed by atoms with E-state index >= 15 is 0 Å². The summed E-state index contributed by atoms with van der Waals surface area (Å²) in [6, 6.07) is 1.81. The lowest BCUT2D eigenvalue weighted by atomic mass is 9.96. The quantitative estimate of drug-likeness (QED) is 0.855. The lowest BCUT2D eigenvalue weighted by Gasteiger charge is -2.19. The highest BCUT2D eigenvalue weighted by Gasteiger charge is 2.19. The molecule has 1 aromatic rings. The zero-order valence-corrected chi connectivity index (χ0v) is 11.0. The Morgan fingerprint density at radius 3 is 2.31 bits per heavy atom. The van der Waals surface area contributed by atoms with E-state index in [9.17, 15) is 0 Å². The van der Waals surface area contributed by atoms with E-state index in [1.165, 1.54) is 0 Å². The minimum atomic E-state index is -0.0814. The number of nitrogens with zero attached hydrogens (tertiary/aromatic N) is 2. The van der Waals surface area contributed by atoms with Gasteiger partial charge in [-0.05, 0) is 13.8 Å². The van der Waals surface area contributed by atoms with Gasteiger partial charge in [0.1, 0.15) is 11.6 Å². The molecule has 0 aliphatic heterocycles. The summed E-state index contributed by atoms with van der Waals surface area (Å²) in [4.78, 5) is 8.85. The van der Waals surface area contributed by atoms with E-state index in [-0.39, 0.29) is 11.5 Å². The van der Waals surface area contributed by atoms with Crippen LogP contribution in [0.15, 0.2) is 6.07 Å². The van der Waals surface area contributed by atoms with Crippen LogP contribution in [0.4, 0.5) is 5.82 Å². The number of hydrogen-bond donors (Lipinski definition) is 1. The average molecular weight is 223 g/mol. The zero-order valence-electron chi connectivity index (χ0n) is 11.0. The van der Waals surface area contributed by atoms with Crippen LogP contribution in [0.25, 0.3) is 0 Å². The summed E-state index contributed by atoms with van der Waals surface area (Å²) < 4.78 is 5.60. The Labute approximate surface area is 97.5 Å². The molecule has 1 heterocycles. The third-order valence-electron chi connectivity index (χ3n) is 1.99. The van der Waals surface area contributed by atoms with Gasteiger partial charge < -0.3 is 10.1 Å². The lowest BCUT2D eigenvalue weighted by Crippen LogP contribution is -2.18. The summed E-state index contributed by atoms with van der Waals surface area (Å²) in [5.41, 5.74) is -0.0814. The standard InChI is InChI=1S/C12H21N3O/c1-8(2)16-10-7-9(13-6)14-11(15-10)12(3,4)5/h7-8H,1-6H3,(H,13,14,15). The SMILES string of the molecule is CNc1cc(OC(C)C)nc(C(C)(C)C)n1. The van der Waals surface area contributed by atoms with Gasteiger partial charge in [-0.2, -0.15) is 4.98 Å². The number of nitrogens with one attached hydrogen (secondary N) is 1. The first kappa shape index (κ1) is 12.7. The van der Waals surface area contributed by atoms with Crippen molar-refractivity contribution < 1.29 is 4.74 Å². The first-order valence-corrected chi connectivity index (χ1v) is 5.57. The van der Waals surface area contributed by atoms with Crippen molar-refractivity contribution in [3.05, 3.63) is 11.9 Å². The van der Waals surface area contributed by atoms with Crippen molar-refractivity contribution >= 4 is 5.82 Å². The normalized spacial score (nSPS) is 11.7. The van der Waals surface area contributed by atoms with Crippen molar-refractivity contribution in [2.24, 2.45) is 0 Å². The van der Waals surface area contributed by atoms with Crippen molar-refractivity contribution in [2.45, 2.75) is 46.1 Å². The van der Waals surface area contributed by atoms with Crippen LogP contribution in [-0.2, 0) is 5.41 Å². The van der Waals surface area contributed by atoms with Crippen molar-refractivity contribution in [3.8, 4) is 5.88 Å². The predicted molar refractivity (Wildman–Crippen MR) is 66.0 cm³/mol. The highest BCUT2D eigenvalue weighted by atomic mass is 16.5. The number of anilines is 1. The second-order valence-electron chi connectivity index (χ2n) is 5.08. The van der Waals surface area contributed by atoms with Crippen LogP contribution in [0.5, 0.6) is 5.88 Å². The number of rotatable bonds is 3. The summed E-state index contributed by atoms with van der Waals surface area (Å²) in [6.45, 7) is 10.2. The molecule has 1 aromatic heterocycles. The van der Waals surface area contributed by atoms with Crippen LogP contribution in [0, 0.1) is 0 Å². The summed E-state index contributed by atoms with van der Waals surface area (Å²) in [5.74, 6) is 2.20. The average Bonchev–Trinajstić information content (AvgIpc) is 2.14. The minimum absolute atomic E-state index is 0.0814. The van der Waals surface area contributed by atoms with Gasteiger partial charge in [-0.25, -0.2) is 4.98 Å². The molecular formula is C12H21N3O. The van der Waals surface area contributed by atoms with Crippen LogP contribution < -0.4 is 10.1 Å². The Hall–Kier alpha value is -1.32. The molecule has 0 saturated carbocycles. The summed E-state index contributed by atoms with van der Waals surface area (Å²) in [5, 5.41) is 3.02. The molecular weight excluding hydrogens is 202 g/mol. The zero-order chi connectivity index (χ0) is 12.3. The van der Waals surface area contributed by atoms with Crippen LogP contribution in [-0.4, -0.2) is 23.1 Å². The Bertz CT molecular complexity index is 356. The molecule has 0 radical (unpaired) electrons. The molecule has 0 spiro atoms. The molecule has 4 nitrogen and oxygen atoms in total. The van der Waals surface area contributed by atoms with Crippen molar-refractivity contribution in [2.75, 3.05) is 12.4 Å². The smallest absolute Gasteiger partial charge is 0.218 e. The summed E-state index contributed by atoms with van der Waals surface area (Å²) >= 11 is 0. The van der Waals surface area contributed by atoms with E-state index in [0.29, 0.717) is 5.88 Å². The van der Waals surface area contributed by atoms with Crippen molar-refractivity contribution in [1.82, 2.24) is 9.97 Å². The molecule has 90 valence electrons. The summed E-state index contributed by atoms with van der Waals surface area (Å²) in [7, 11) is 1.84. The van der Waals surface area contributed by atoms with Gasteiger partial charge in [0.2, 0.25) is 5.88 Å². The van der Waals surface area contributed by atoms with Crippen LogP contribution in [0.2, 0.25) is 0 Å². The van der Waals surface area contributed by atoms with Crippen LogP contribution in [0.1, 0.15) is 40.4 Å². The molecule has 0 aliphatic rings. The third-order valence-corrected chi connectivity index (χ3v) is 1.99. The number of hydrogen-bond acceptors (Lipinski definition) is 4. The Kier molecular flexibility index (Phi) is 3.73. The maximum atomic E-state index is 5.60. The fraction of sp³-hybridized carbons (Fsp3) is 0.667. The molecule has 0 unspecified atom stereocenters. The van der Waals surface area contributed by atoms with E-state index in [4.69, 9.17) is 4.74 Å². The molecule has 0 aromatic carbocycles. The second-order valence-corrected chi connectivity index (χ2v) is 5.08. The predicted octanol–water partition coefficient (Wildman–Crippen LogP) is 2.60. The third kappa shape index (κ3) is 3.36. The first-order chi connectivity index (χ1) is 7.32. The van der Waals surface area contributed by atoms with E-state index in [1.54, 1.807) is 0 Å². The van der Waals surface area contributed by atoms with Gasteiger partial charge in [0, 0.05) is 18.5 Å². The van der Waals surface area contributed by atoms with Crippen LogP contribution in [0.3, 0.4) is 0 Å². The topological polar surface area (TPSA) is 47.0 Å². The minimum Gasteiger partial charge on any atom is -0.475 e. The van der Waals surface area contributed by atoms with Gasteiger partial charge in [-0.15, -0.1) is 0 Å². The number of ether oxygens (including phenoxy) is 1. The van der Waals surface area contributed by atoms with E-state index in [2.05, 4.69) is 36.1 Å². The first-order valence-electron chi connectivity index (χ1n) is 5.57. The summed E-state index contributed by atoms with van der Waals surface area (Å²) in [6.07, 6.45) is 0.118. The molecule has 4 heteroatoms.